The van der Waals surface area contributed by atoms with Gasteiger partial charge in [0.15, 0.2) is 0 Å². The number of likely N-dealkylation sites (tertiary alicyclic amines) is 1. The molecule has 3 aliphatic rings. The normalized spacial score (nSPS) is 21.2. The number of ether oxygens (including phenoxy) is 2. The van der Waals surface area contributed by atoms with Crippen LogP contribution in [-0.4, -0.2) is 84.4 Å². The molecule has 38 heavy (non-hydrogen) atoms. The Balaban J connectivity index is 1.27. The third-order valence-corrected chi connectivity index (χ3v) is 8.60. The Morgan fingerprint density at radius 3 is 2.66 bits per heavy atom. The number of aromatic nitrogens is 2. The smallest absolute Gasteiger partial charge is 0.256 e. The standard InChI is InChI=1S/C30H37FN4O3/c1-20-13-32-14-28-29(20)23(11-22-16-34(17-22)15-21-5-8-37-9-6-21)18-35(28)27-4-3-24(31)12-26(27)30(36)33(2)25-7-10-38-19-25/h3-4,12-14,18,21-22,25H,5-11,15-17,19H2,1-2H3. The van der Waals surface area contributed by atoms with Gasteiger partial charge in [0.1, 0.15) is 5.82 Å². The minimum absolute atomic E-state index is 0.00203. The van der Waals surface area contributed by atoms with E-state index in [0.29, 0.717) is 30.4 Å². The van der Waals surface area contributed by atoms with E-state index in [9.17, 15) is 9.18 Å². The molecule has 1 aromatic carbocycles. The van der Waals surface area contributed by atoms with E-state index in [2.05, 4.69) is 23.0 Å². The number of carbonyl (C=O) groups is 1. The number of benzene rings is 1. The van der Waals surface area contributed by atoms with Gasteiger partial charge >= 0.3 is 0 Å². The van der Waals surface area contributed by atoms with Crippen LogP contribution in [0.25, 0.3) is 16.6 Å². The minimum Gasteiger partial charge on any atom is -0.381 e. The van der Waals surface area contributed by atoms with Gasteiger partial charge in [-0.05, 0) is 73.8 Å². The zero-order chi connectivity index (χ0) is 26.2. The van der Waals surface area contributed by atoms with Crippen LogP contribution in [0.15, 0.2) is 36.8 Å². The van der Waals surface area contributed by atoms with E-state index in [1.54, 1.807) is 18.0 Å². The van der Waals surface area contributed by atoms with E-state index in [1.165, 1.54) is 42.5 Å². The van der Waals surface area contributed by atoms with Crippen LogP contribution in [-0.2, 0) is 15.9 Å². The fourth-order valence-corrected chi connectivity index (χ4v) is 6.43. The number of pyridine rings is 1. The second-order valence-corrected chi connectivity index (χ2v) is 11.3. The molecule has 0 spiro atoms. The van der Waals surface area contributed by atoms with E-state index in [4.69, 9.17) is 9.47 Å². The number of amides is 1. The predicted molar refractivity (Wildman–Crippen MR) is 144 cm³/mol. The van der Waals surface area contributed by atoms with E-state index < -0.39 is 5.82 Å². The van der Waals surface area contributed by atoms with Crippen LogP contribution in [0.4, 0.5) is 4.39 Å². The first-order valence-corrected chi connectivity index (χ1v) is 13.9. The molecule has 5 heterocycles. The summed E-state index contributed by atoms with van der Waals surface area (Å²) in [6.07, 6.45) is 10.0. The molecule has 3 aliphatic heterocycles. The summed E-state index contributed by atoms with van der Waals surface area (Å²) in [6, 6.07) is 4.51. The number of aryl methyl sites for hydroxylation is 1. The van der Waals surface area contributed by atoms with Gasteiger partial charge in [0.25, 0.3) is 5.91 Å². The Hall–Kier alpha value is -2.81. The molecule has 2 aromatic heterocycles. The molecular weight excluding hydrogens is 483 g/mol. The van der Waals surface area contributed by atoms with Crippen molar-refractivity contribution in [2.75, 3.05) is 53.1 Å². The zero-order valence-corrected chi connectivity index (χ0v) is 22.4. The highest BCUT2D eigenvalue weighted by atomic mass is 19.1. The maximum Gasteiger partial charge on any atom is 0.256 e. The van der Waals surface area contributed by atoms with Gasteiger partial charge in [0.2, 0.25) is 0 Å². The van der Waals surface area contributed by atoms with Crippen molar-refractivity contribution in [3.05, 3.63) is 59.3 Å². The molecular formula is C30H37FN4O3. The molecule has 6 rings (SSSR count). The highest BCUT2D eigenvalue weighted by Gasteiger charge is 2.31. The maximum atomic E-state index is 14.4. The van der Waals surface area contributed by atoms with Crippen molar-refractivity contribution < 1.29 is 18.7 Å². The highest BCUT2D eigenvalue weighted by molar-refractivity contribution is 5.99. The third-order valence-electron chi connectivity index (χ3n) is 8.60. The first kappa shape index (κ1) is 25.5. The van der Waals surface area contributed by atoms with Crippen molar-refractivity contribution in [1.29, 1.82) is 0 Å². The first-order valence-electron chi connectivity index (χ1n) is 13.9. The second-order valence-electron chi connectivity index (χ2n) is 11.3. The SMILES string of the molecule is Cc1cncc2c1c(CC1CN(CC3CCOCC3)C1)cn2-c1ccc(F)cc1C(=O)N(C)C1CCOC1. The van der Waals surface area contributed by atoms with Gasteiger partial charge in [0.05, 0.1) is 35.6 Å². The number of halogens is 1. The summed E-state index contributed by atoms with van der Waals surface area (Å²) in [6.45, 7) is 8.43. The fraction of sp³-hybridized carbons (Fsp3) is 0.533. The van der Waals surface area contributed by atoms with Crippen molar-refractivity contribution in [2.24, 2.45) is 11.8 Å². The molecule has 0 aliphatic carbocycles. The summed E-state index contributed by atoms with van der Waals surface area (Å²) < 4.78 is 27.5. The van der Waals surface area contributed by atoms with Gasteiger partial charge in [-0.15, -0.1) is 0 Å². The maximum absolute atomic E-state index is 14.4. The Morgan fingerprint density at radius 2 is 1.89 bits per heavy atom. The van der Waals surface area contributed by atoms with Crippen molar-refractivity contribution in [2.45, 2.75) is 38.6 Å². The topological polar surface area (TPSA) is 59.8 Å². The van der Waals surface area contributed by atoms with E-state index in [1.807, 2.05) is 17.0 Å². The molecule has 1 atom stereocenters. The number of nitrogens with zero attached hydrogens (tertiary/aromatic N) is 4. The molecule has 3 saturated heterocycles. The van der Waals surface area contributed by atoms with Gasteiger partial charge in [-0.1, -0.05) is 0 Å². The molecule has 3 fully saturated rings. The zero-order valence-electron chi connectivity index (χ0n) is 22.4. The third kappa shape index (κ3) is 4.97. The molecule has 1 unspecified atom stereocenters. The molecule has 0 N–H and O–H groups in total. The number of hydrogen-bond donors (Lipinski definition) is 0. The molecule has 0 bridgehead atoms. The molecule has 7 nitrogen and oxygen atoms in total. The largest absolute Gasteiger partial charge is 0.381 e. The lowest BCUT2D eigenvalue weighted by Crippen LogP contribution is -2.49. The van der Waals surface area contributed by atoms with Gasteiger partial charge in [0, 0.05) is 64.3 Å². The van der Waals surface area contributed by atoms with Crippen LogP contribution < -0.4 is 0 Å². The molecule has 0 saturated carbocycles. The van der Waals surface area contributed by atoms with Gasteiger partial charge in [-0.25, -0.2) is 4.39 Å². The first-order chi connectivity index (χ1) is 18.5. The van der Waals surface area contributed by atoms with E-state index in [-0.39, 0.29) is 11.9 Å². The van der Waals surface area contributed by atoms with Gasteiger partial charge in [-0.2, -0.15) is 0 Å². The van der Waals surface area contributed by atoms with Crippen LogP contribution in [0.1, 0.15) is 40.7 Å². The van der Waals surface area contributed by atoms with Crippen LogP contribution in [0.3, 0.4) is 0 Å². The number of likely N-dealkylation sites (N-methyl/N-ethyl adjacent to an activating group) is 1. The Bertz CT molecular complexity index is 1310. The summed E-state index contributed by atoms with van der Waals surface area (Å²) in [7, 11) is 1.78. The molecule has 202 valence electrons. The number of hydrogen-bond acceptors (Lipinski definition) is 5. The average molecular weight is 521 g/mol. The Kier molecular flexibility index (Phi) is 7.20. The summed E-state index contributed by atoms with van der Waals surface area (Å²) in [5.41, 5.74) is 4.36. The predicted octanol–water partition coefficient (Wildman–Crippen LogP) is 4.23. The summed E-state index contributed by atoms with van der Waals surface area (Å²) in [5.74, 6) is 0.743. The minimum atomic E-state index is -0.418. The van der Waals surface area contributed by atoms with Crippen LogP contribution in [0, 0.1) is 24.6 Å². The fourth-order valence-electron chi connectivity index (χ4n) is 6.43. The van der Waals surface area contributed by atoms with Crippen LogP contribution in [0.5, 0.6) is 0 Å². The van der Waals surface area contributed by atoms with Crippen LogP contribution >= 0.6 is 0 Å². The van der Waals surface area contributed by atoms with Crippen molar-refractivity contribution in [3.8, 4) is 5.69 Å². The quantitative estimate of drug-likeness (QED) is 0.467. The summed E-state index contributed by atoms with van der Waals surface area (Å²) in [4.78, 5) is 22.3. The number of carbonyl (C=O) groups excluding carboxylic acids is 1. The summed E-state index contributed by atoms with van der Waals surface area (Å²) >= 11 is 0. The number of rotatable bonds is 7. The monoisotopic (exact) mass is 520 g/mol. The van der Waals surface area contributed by atoms with Crippen LogP contribution in [0.2, 0.25) is 0 Å². The average Bonchev–Trinajstić information content (AvgIpc) is 3.57. The van der Waals surface area contributed by atoms with Gasteiger partial charge < -0.3 is 23.8 Å². The van der Waals surface area contributed by atoms with E-state index in [0.717, 1.165) is 56.1 Å². The second kappa shape index (κ2) is 10.8. The Labute approximate surface area is 223 Å². The van der Waals surface area contributed by atoms with Crippen molar-refractivity contribution in [3.63, 3.8) is 0 Å². The Morgan fingerprint density at radius 1 is 1.11 bits per heavy atom. The van der Waals surface area contributed by atoms with Crippen molar-refractivity contribution >= 4 is 16.8 Å². The highest BCUT2D eigenvalue weighted by Crippen LogP contribution is 2.33. The lowest BCUT2D eigenvalue weighted by molar-refractivity contribution is 0.0254. The van der Waals surface area contributed by atoms with Crippen molar-refractivity contribution in [1.82, 2.24) is 19.4 Å². The molecule has 1 amide bonds. The van der Waals surface area contributed by atoms with Gasteiger partial charge in [-0.3, -0.25) is 9.78 Å². The number of fused-ring (bicyclic) bond motifs is 1. The molecule has 0 radical (unpaired) electrons. The lowest BCUT2D eigenvalue weighted by atomic mass is 9.89. The lowest BCUT2D eigenvalue weighted by Gasteiger charge is -2.42. The van der Waals surface area contributed by atoms with E-state index >= 15 is 0 Å². The molecule has 3 aromatic rings. The molecule has 8 heteroatoms. The summed E-state index contributed by atoms with van der Waals surface area (Å²) in [5, 5.41) is 1.18.